The molecule has 0 bridgehead atoms. The normalized spacial score (nSPS) is 20.5. The second-order valence-corrected chi connectivity index (χ2v) is 14.3. The Balaban J connectivity index is 8.29. The number of nitrogens with zero attached hydrogens (tertiary/aromatic N) is 4. The largest absolute Gasteiger partial charge is 0.344 e. The number of ether oxygens (including phenoxy) is 1. The van der Waals surface area contributed by atoms with Gasteiger partial charge in [0.25, 0.3) is 0 Å². The van der Waals surface area contributed by atoms with E-state index < -0.39 is 17.0 Å². The lowest BCUT2D eigenvalue weighted by molar-refractivity contribution is -0.954. The maximum atomic E-state index is 8.15. The van der Waals surface area contributed by atoms with E-state index in [1.54, 1.807) is 0 Å². The summed E-state index contributed by atoms with van der Waals surface area (Å²) >= 11 is 0. The van der Waals surface area contributed by atoms with Crippen LogP contribution in [0.2, 0.25) is 0 Å². The topological polar surface area (TPSA) is 31.0 Å². The SMILES string of the molecule is CCC(C)(CC)C(C)(N(C)C)C(CC)(OC(CC)(CC)C(N(C)C)(C(C)(NC)C(C)C)[N+](C)(C)C)N(C)C. The second kappa shape index (κ2) is 12.7. The van der Waals surface area contributed by atoms with E-state index in [2.05, 4.69) is 160 Å². The molecule has 0 saturated heterocycles. The summed E-state index contributed by atoms with van der Waals surface area (Å²) in [6.45, 7) is 23.8. The van der Waals surface area contributed by atoms with Crippen molar-refractivity contribution in [3.63, 3.8) is 0 Å². The number of quaternary nitrogens is 1. The molecule has 0 heterocycles. The van der Waals surface area contributed by atoms with Crippen LogP contribution >= 0.6 is 0 Å². The maximum absolute atomic E-state index is 8.15. The van der Waals surface area contributed by atoms with Gasteiger partial charge in [-0.05, 0) is 107 Å². The predicted octanol–water partition coefficient (Wildman–Crippen LogP) is 5.97. The molecule has 0 fully saturated rings. The molecular weight excluding hydrogens is 470 g/mol. The van der Waals surface area contributed by atoms with Crippen molar-refractivity contribution in [2.75, 3.05) is 70.5 Å². The summed E-state index contributed by atoms with van der Waals surface area (Å²) in [4.78, 5) is 7.35. The lowest BCUT2D eigenvalue weighted by Crippen LogP contribution is -2.89. The van der Waals surface area contributed by atoms with Crippen LogP contribution in [0.15, 0.2) is 0 Å². The highest BCUT2D eigenvalue weighted by molar-refractivity contribution is 5.18. The maximum Gasteiger partial charge on any atom is 0.202 e. The summed E-state index contributed by atoms with van der Waals surface area (Å²) < 4.78 is 8.89. The van der Waals surface area contributed by atoms with Gasteiger partial charge in [-0.25, -0.2) is 0 Å². The monoisotopic (exact) mass is 543 g/mol. The van der Waals surface area contributed by atoms with Crippen molar-refractivity contribution in [1.82, 2.24) is 20.0 Å². The summed E-state index contributed by atoms with van der Waals surface area (Å²) in [7, 11) is 22.7. The number of hydrogen-bond acceptors (Lipinski definition) is 5. The van der Waals surface area contributed by atoms with Crippen LogP contribution in [-0.2, 0) is 4.74 Å². The zero-order valence-electron chi connectivity index (χ0n) is 29.8. The molecule has 0 spiro atoms. The van der Waals surface area contributed by atoms with E-state index in [0.29, 0.717) is 5.92 Å². The van der Waals surface area contributed by atoms with Crippen molar-refractivity contribution in [2.45, 2.75) is 129 Å². The third kappa shape index (κ3) is 5.02. The standard InChI is InChI=1S/C32H72N5O/c1-21-27(8,22-2)29(10,34(12)13)31(25-5,35(14)15)38-30(23-3,24-4)32(36(16)17,37(18,19)20)28(9,33-11)26(6)7/h26,33H,21-25H2,1-20H3/q+1. The Morgan fingerprint density at radius 2 is 1.11 bits per heavy atom. The number of likely N-dealkylation sites (N-methyl/N-ethyl adjacent to an activating group) is 5. The molecule has 0 aromatic carbocycles. The minimum absolute atomic E-state index is 0.0335. The van der Waals surface area contributed by atoms with E-state index in [4.69, 9.17) is 4.74 Å². The smallest absolute Gasteiger partial charge is 0.202 e. The summed E-state index contributed by atoms with van der Waals surface area (Å²) in [5.41, 5.74) is -1.95. The molecular formula is C32H72N5O+. The average Bonchev–Trinajstić information content (AvgIpc) is 2.83. The van der Waals surface area contributed by atoms with E-state index in [-0.39, 0.29) is 16.5 Å². The van der Waals surface area contributed by atoms with Gasteiger partial charge in [-0.3, -0.25) is 14.7 Å². The molecule has 0 aromatic rings. The van der Waals surface area contributed by atoms with Gasteiger partial charge in [-0.2, -0.15) is 0 Å². The lowest BCUT2D eigenvalue weighted by Gasteiger charge is -2.70. The van der Waals surface area contributed by atoms with Crippen molar-refractivity contribution in [3.8, 4) is 0 Å². The summed E-state index contributed by atoms with van der Waals surface area (Å²) in [5, 5.41) is 3.87. The van der Waals surface area contributed by atoms with Gasteiger partial charge < -0.3 is 14.5 Å². The molecule has 0 aliphatic carbocycles. The van der Waals surface area contributed by atoms with Gasteiger partial charge in [0.1, 0.15) is 11.3 Å². The van der Waals surface area contributed by atoms with E-state index >= 15 is 0 Å². The fraction of sp³-hybridized carbons (Fsp3) is 1.00. The van der Waals surface area contributed by atoms with E-state index in [1.807, 2.05) is 0 Å². The molecule has 0 saturated carbocycles. The second-order valence-electron chi connectivity index (χ2n) is 14.3. The molecule has 38 heavy (non-hydrogen) atoms. The van der Waals surface area contributed by atoms with Gasteiger partial charge in [0, 0.05) is 0 Å². The van der Waals surface area contributed by atoms with Crippen molar-refractivity contribution in [2.24, 2.45) is 11.3 Å². The third-order valence-electron chi connectivity index (χ3n) is 11.8. The first-order chi connectivity index (χ1) is 17.1. The minimum atomic E-state index is -0.550. The predicted molar refractivity (Wildman–Crippen MR) is 169 cm³/mol. The van der Waals surface area contributed by atoms with Crippen LogP contribution in [0, 0.1) is 11.3 Å². The molecule has 0 aliphatic rings. The molecule has 0 rings (SSSR count). The van der Waals surface area contributed by atoms with Crippen LogP contribution in [0.5, 0.6) is 0 Å². The first-order valence-corrected chi connectivity index (χ1v) is 15.3. The molecule has 0 aliphatic heterocycles. The quantitative estimate of drug-likeness (QED) is 0.181. The van der Waals surface area contributed by atoms with Crippen LogP contribution in [-0.4, -0.2) is 118 Å². The van der Waals surface area contributed by atoms with Crippen LogP contribution in [0.1, 0.15) is 101 Å². The lowest BCUT2D eigenvalue weighted by atomic mass is 9.59. The van der Waals surface area contributed by atoms with Gasteiger partial charge in [0.15, 0.2) is 0 Å². The minimum Gasteiger partial charge on any atom is -0.344 e. The summed E-state index contributed by atoms with van der Waals surface area (Å²) in [6.07, 6.45) is 4.84. The number of rotatable bonds is 17. The van der Waals surface area contributed by atoms with E-state index in [0.717, 1.165) is 36.6 Å². The molecule has 0 amide bonds. The molecule has 4 unspecified atom stereocenters. The Morgan fingerprint density at radius 3 is 1.29 bits per heavy atom. The van der Waals surface area contributed by atoms with Crippen LogP contribution in [0.3, 0.4) is 0 Å². The Hall–Kier alpha value is -0.240. The van der Waals surface area contributed by atoms with Crippen molar-refractivity contribution in [1.29, 1.82) is 0 Å². The first kappa shape index (κ1) is 37.8. The molecule has 4 atom stereocenters. The number of hydrogen-bond donors (Lipinski definition) is 1. The summed E-state index contributed by atoms with van der Waals surface area (Å²) in [5.74, 6) is 0.362. The van der Waals surface area contributed by atoms with Gasteiger partial charge >= 0.3 is 0 Å². The van der Waals surface area contributed by atoms with E-state index in [1.165, 1.54) is 0 Å². The highest BCUT2D eigenvalue weighted by Crippen LogP contribution is 2.57. The molecule has 230 valence electrons. The molecule has 0 radical (unpaired) electrons. The number of nitrogens with one attached hydrogen (secondary N) is 1. The Morgan fingerprint density at radius 1 is 0.684 bits per heavy atom. The zero-order chi connectivity index (χ0) is 30.8. The first-order valence-electron chi connectivity index (χ1n) is 15.3. The van der Waals surface area contributed by atoms with Crippen LogP contribution < -0.4 is 5.32 Å². The highest BCUT2D eigenvalue weighted by atomic mass is 16.5. The third-order valence-corrected chi connectivity index (χ3v) is 11.8. The van der Waals surface area contributed by atoms with Crippen molar-refractivity contribution < 1.29 is 9.22 Å². The van der Waals surface area contributed by atoms with Gasteiger partial charge in [0.2, 0.25) is 5.66 Å². The van der Waals surface area contributed by atoms with Crippen molar-refractivity contribution >= 4 is 0 Å². The molecule has 6 nitrogen and oxygen atoms in total. The molecule has 1 N–H and O–H groups in total. The average molecular weight is 543 g/mol. The Kier molecular flexibility index (Phi) is 12.7. The fourth-order valence-electron chi connectivity index (χ4n) is 9.06. The van der Waals surface area contributed by atoms with Gasteiger partial charge in [0.05, 0.1) is 32.2 Å². The Bertz CT molecular complexity index is 722. The zero-order valence-corrected chi connectivity index (χ0v) is 29.8. The fourth-order valence-corrected chi connectivity index (χ4v) is 9.06. The van der Waals surface area contributed by atoms with E-state index in [9.17, 15) is 0 Å². The molecule has 6 heteroatoms. The summed E-state index contributed by atoms with van der Waals surface area (Å²) in [6, 6.07) is 0. The van der Waals surface area contributed by atoms with Gasteiger partial charge in [-0.15, -0.1) is 0 Å². The molecule has 0 aromatic heterocycles. The Labute approximate surface area is 240 Å². The van der Waals surface area contributed by atoms with Gasteiger partial charge in [-0.1, -0.05) is 55.4 Å². The van der Waals surface area contributed by atoms with Crippen LogP contribution in [0.25, 0.3) is 0 Å². The highest BCUT2D eigenvalue weighted by Gasteiger charge is 2.74. The van der Waals surface area contributed by atoms with Crippen molar-refractivity contribution in [3.05, 3.63) is 0 Å². The van der Waals surface area contributed by atoms with Crippen LogP contribution in [0.4, 0.5) is 0 Å².